The minimum Gasteiger partial charge on any atom is -0.285 e. The van der Waals surface area contributed by atoms with E-state index in [1.54, 1.807) is 9.80 Å². The molecule has 0 unspecified atom stereocenters. The van der Waals surface area contributed by atoms with Crippen LogP contribution in [0, 0.1) is 0 Å². The lowest BCUT2D eigenvalue weighted by Crippen LogP contribution is -2.72. The van der Waals surface area contributed by atoms with Gasteiger partial charge in [-0.2, -0.15) is 0 Å². The molecule has 0 saturated carbocycles. The molecule has 2 amide bonds. The van der Waals surface area contributed by atoms with Gasteiger partial charge in [0.1, 0.15) is 0 Å². The normalized spacial score (nSPS) is 30.1. The van der Waals surface area contributed by atoms with Crippen molar-refractivity contribution in [3.63, 3.8) is 0 Å². The molecular weight excluding hydrogens is 340 g/mol. The highest BCUT2D eigenvalue weighted by atomic mass is 32.1. The van der Waals surface area contributed by atoms with Crippen molar-refractivity contribution in [2.45, 2.75) is 22.6 Å². The third-order valence-corrected chi connectivity index (χ3v) is 6.27. The molecule has 2 aromatic carbocycles. The van der Waals surface area contributed by atoms with Crippen molar-refractivity contribution in [3.05, 3.63) is 59.7 Å². The molecule has 1 saturated heterocycles. The summed E-state index contributed by atoms with van der Waals surface area (Å²) in [6, 6.07) is 15.2. The van der Waals surface area contributed by atoms with Crippen LogP contribution >= 0.6 is 25.3 Å². The van der Waals surface area contributed by atoms with Crippen LogP contribution in [0.3, 0.4) is 0 Å². The molecule has 0 bridgehead atoms. The van der Waals surface area contributed by atoms with Crippen molar-refractivity contribution in [3.8, 4) is 0 Å². The van der Waals surface area contributed by atoms with Crippen molar-refractivity contribution in [1.29, 1.82) is 0 Å². The van der Waals surface area contributed by atoms with Gasteiger partial charge in [0, 0.05) is 24.2 Å². The fourth-order valence-corrected chi connectivity index (χ4v) is 5.04. The number of amides is 2. The zero-order valence-electron chi connectivity index (χ0n) is 12.6. The van der Waals surface area contributed by atoms with Crippen LogP contribution < -0.4 is 9.80 Å². The van der Waals surface area contributed by atoms with E-state index in [0.29, 0.717) is 12.8 Å². The predicted molar refractivity (Wildman–Crippen MR) is 98.7 cm³/mol. The largest absolute Gasteiger partial charge is 0.285 e. The standard InChI is InChI=1S/C18H14N2O2S2/c21-15-17(23)9-11-5-1-3-7-13(11)19(17)16(22)18(24)10-12-6-2-4-8-14(12)20(15)18/h1-8,23-24H,9-10H2/t17-,18-/m0/s1. The molecule has 24 heavy (non-hydrogen) atoms. The number of carbonyl (C=O) groups is 2. The van der Waals surface area contributed by atoms with Gasteiger partial charge in [0.15, 0.2) is 9.74 Å². The van der Waals surface area contributed by atoms with Gasteiger partial charge in [0.2, 0.25) is 0 Å². The summed E-state index contributed by atoms with van der Waals surface area (Å²) in [5, 5.41) is 0. The maximum Gasteiger partial charge on any atom is 0.265 e. The summed E-state index contributed by atoms with van der Waals surface area (Å²) in [6.45, 7) is 0. The summed E-state index contributed by atoms with van der Waals surface area (Å²) in [5.41, 5.74) is 3.44. The molecule has 0 aromatic heterocycles. The van der Waals surface area contributed by atoms with Crippen LogP contribution in [0.15, 0.2) is 48.5 Å². The fourth-order valence-electron chi connectivity index (χ4n) is 4.10. The van der Waals surface area contributed by atoms with Gasteiger partial charge < -0.3 is 0 Å². The van der Waals surface area contributed by atoms with Crippen LogP contribution in [0.1, 0.15) is 11.1 Å². The average molecular weight is 354 g/mol. The topological polar surface area (TPSA) is 40.6 Å². The van der Waals surface area contributed by atoms with Crippen molar-refractivity contribution in [2.24, 2.45) is 0 Å². The van der Waals surface area contributed by atoms with Gasteiger partial charge in [-0.1, -0.05) is 36.4 Å². The summed E-state index contributed by atoms with van der Waals surface area (Å²) in [7, 11) is 0. The van der Waals surface area contributed by atoms with E-state index in [9.17, 15) is 9.59 Å². The number of hydrogen-bond donors (Lipinski definition) is 2. The van der Waals surface area contributed by atoms with Crippen molar-refractivity contribution < 1.29 is 9.59 Å². The van der Waals surface area contributed by atoms with Crippen LogP contribution in [-0.4, -0.2) is 21.6 Å². The number of benzene rings is 2. The first-order valence-corrected chi connectivity index (χ1v) is 8.66. The second kappa shape index (κ2) is 4.37. The van der Waals surface area contributed by atoms with E-state index in [-0.39, 0.29) is 11.8 Å². The Bertz CT molecular complexity index is 855. The lowest BCUT2D eigenvalue weighted by molar-refractivity contribution is -0.132. The first-order valence-electron chi connectivity index (χ1n) is 7.77. The highest BCUT2D eigenvalue weighted by molar-refractivity contribution is 7.84. The lowest BCUT2D eigenvalue weighted by Gasteiger charge is -2.48. The van der Waals surface area contributed by atoms with Gasteiger partial charge in [0.25, 0.3) is 11.8 Å². The van der Waals surface area contributed by atoms with Crippen molar-refractivity contribution >= 4 is 48.4 Å². The molecule has 3 heterocycles. The van der Waals surface area contributed by atoms with Gasteiger partial charge in [-0.15, -0.1) is 25.3 Å². The number of thiol groups is 2. The Balaban J connectivity index is 1.74. The minimum absolute atomic E-state index is 0.193. The molecule has 0 aliphatic carbocycles. The van der Waals surface area contributed by atoms with Gasteiger partial charge in [-0.3, -0.25) is 19.4 Å². The summed E-state index contributed by atoms with van der Waals surface area (Å²) < 4.78 is 0. The van der Waals surface area contributed by atoms with E-state index < -0.39 is 9.74 Å². The van der Waals surface area contributed by atoms with Crippen LogP contribution in [0.4, 0.5) is 11.4 Å². The van der Waals surface area contributed by atoms with E-state index in [4.69, 9.17) is 25.3 Å². The molecular formula is C18H14N2O2S2. The smallest absolute Gasteiger partial charge is 0.265 e. The molecule has 3 aliphatic heterocycles. The monoisotopic (exact) mass is 354 g/mol. The van der Waals surface area contributed by atoms with E-state index in [1.165, 1.54) is 0 Å². The molecule has 4 nitrogen and oxygen atoms in total. The van der Waals surface area contributed by atoms with E-state index in [1.807, 2.05) is 48.5 Å². The van der Waals surface area contributed by atoms with Gasteiger partial charge >= 0.3 is 0 Å². The van der Waals surface area contributed by atoms with E-state index >= 15 is 0 Å². The molecule has 3 aliphatic rings. The second-order valence-corrected chi connectivity index (χ2v) is 8.00. The highest BCUT2D eigenvalue weighted by Gasteiger charge is 2.66. The number of anilines is 2. The molecule has 0 spiro atoms. The van der Waals surface area contributed by atoms with Gasteiger partial charge in [-0.25, -0.2) is 0 Å². The Labute approximate surface area is 150 Å². The quantitative estimate of drug-likeness (QED) is 0.714. The van der Waals surface area contributed by atoms with Crippen LogP contribution in [-0.2, 0) is 22.4 Å². The maximum absolute atomic E-state index is 13.4. The Morgan fingerprint density at radius 2 is 1.08 bits per heavy atom. The number of hydrogen-bond acceptors (Lipinski definition) is 4. The number of piperazine rings is 1. The average Bonchev–Trinajstić information content (AvgIpc) is 3.05. The number of fused-ring (bicyclic) bond motifs is 6. The molecule has 6 heteroatoms. The Morgan fingerprint density at radius 3 is 1.50 bits per heavy atom. The summed E-state index contributed by atoms with van der Waals surface area (Å²) in [4.78, 5) is 27.5. The van der Waals surface area contributed by atoms with Gasteiger partial charge in [-0.05, 0) is 23.3 Å². The van der Waals surface area contributed by atoms with E-state index in [0.717, 1.165) is 22.5 Å². The molecule has 2 atom stereocenters. The zero-order valence-corrected chi connectivity index (χ0v) is 14.4. The predicted octanol–water partition coefficient (Wildman–Crippen LogP) is 2.43. The number of nitrogens with zero attached hydrogens (tertiary/aromatic N) is 2. The third kappa shape index (κ3) is 1.49. The molecule has 0 radical (unpaired) electrons. The van der Waals surface area contributed by atoms with E-state index in [2.05, 4.69) is 0 Å². The molecule has 120 valence electrons. The summed E-state index contributed by atoms with van der Waals surface area (Å²) >= 11 is 9.39. The molecule has 0 N–H and O–H groups in total. The Kier molecular flexibility index (Phi) is 2.63. The molecule has 1 fully saturated rings. The number of para-hydroxylation sites is 2. The summed E-state index contributed by atoms with van der Waals surface area (Å²) in [6.07, 6.45) is 0.804. The Hall–Kier alpha value is -1.92. The Morgan fingerprint density at radius 1 is 0.708 bits per heavy atom. The first-order chi connectivity index (χ1) is 11.5. The van der Waals surface area contributed by atoms with Crippen molar-refractivity contribution in [1.82, 2.24) is 0 Å². The zero-order chi connectivity index (χ0) is 16.7. The minimum atomic E-state index is -1.19. The second-order valence-electron chi connectivity index (χ2n) is 6.53. The SMILES string of the molecule is O=C1N2c3ccccc3C[C@]2(S)C(=O)N2c3ccccc3C[C@]12S. The van der Waals surface area contributed by atoms with Gasteiger partial charge in [0.05, 0.1) is 0 Å². The lowest BCUT2D eigenvalue weighted by atomic mass is 10.0. The molecule has 5 rings (SSSR count). The molecule has 2 aromatic rings. The fraction of sp³-hybridized carbons (Fsp3) is 0.222. The van der Waals surface area contributed by atoms with Crippen LogP contribution in [0.2, 0.25) is 0 Å². The maximum atomic E-state index is 13.4. The number of rotatable bonds is 0. The summed E-state index contributed by atoms with van der Waals surface area (Å²) in [5.74, 6) is -0.386. The van der Waals surface area contributed by atoms with Crippen molar-refractivity contribution in [2.75, 3.05) is 9.80 Å². The van der Waals surface area contributed by atoms with Crippen LogP contribution in [0.25, 0.3) is 0 Å². The van der Waals surface area contributed by atoms with Crippen LogP contribution in [0.5, 0.6) is 0 Å². The highest BCUT2D eigenvalue weighted by Crippen LogP contribution is 2.53. The third-order valence-electron chi connectivity index (χ3n) is 5.17. The number of carbonyl (C=O) groups excluding carboxylic acids is 2. The first kappa shape index (κ1) is 14.4.